The van der Waals surface area contributed by atoms with Crippen LogP contribution in [0.2, 0.25) is 0 Å². The molecule has 0 saturated heterocycles. The number of aromatic nitrogens is 2. The van der Waals surface area contributed by atoms with Gasteiger partial charge in [-0.15, -0.1) is 0 Å². The lowest BCUT2D eigenvalue weighted by Crippen LogP contribution is -2.14. The second kappa shape index (κ2) is 5.78. The van der Waals surface area contributed by atoms with Crippen molar-refractivity contribution in [2.75, 3.05) is 20.6 Å². The zero-order valence-corrected chi connectivity index (χ0v) is 10.8. The van der Waals surface area contributed by atoms with Gasteiger partial charge in [0.1, 0.15) is 5.82 Å². The van der Waals surface area contributed by atoms with E-state index in [1.54, 1.807) is 23.0 Å². The van der Waals surface area contributed by atoms with Gasteiger partial charge in [0.25, 0.3) is 0 Å². The third-order valence-electron chi connectivity index (χ3n) is 2.84. The Balaban J connectivity index is 2.19. The fraction of sp³-hybridized carbons (Fsp3) is 0.357. The van der Waals surface area contributed by atoms with Crippen LogP contribution in [0.3, 0.4) is 0 Å². The summed E-state index contributed by atoms with van der Waals surface area (Å²) < 4.78 is 15.1. The molecule has 1 heterocycles. The zero-order valence-electron chi connectivity index (χ0n) is 10.8. The lowest BCUT2D eigenvalue weighted by molar-refractivity contribution is 0.400. The molecule has 96 valence electrons. The highest BCUT2D eigenvalue weighted by Crippen LogP contribution is 2.17. The Hall–Kier alpha value is -1.68. The fourth-order valence-corrected chi connectivity index (χ4v) is 1.97. The molecule has 0 aliphatic carbocycles. The predicted octanol–water partition coefficient (Wildman–Crippen LogP) is 2.51. The van der Waals surface area contributed by atoms with E-state index in [1.165, 1.54) is 6.07 Å². The first-order chi connectivity index (χ1) is 8.66. The molecule has 0 aliphatic heterocycles. The van der Waals surface area contributed by atoms with Crippen molar-refractivity contribution in [3.8, 4) is 5.69 Å². The van der Waals surface area contributed by atoms with Crippen molar-refractivity contribution >= 4 is 0 Å². The zero-order chi connectivity index (χ0) is 13.0. The highest BCUT2D eigenvalue weighted by Gasteiger charge is 2.06. The third-order valence-corrected chi connectivity index (χ3v) is 2.84. The first-order valence-corrected chi connectivity index (χ1v) is 6.10. The van der Waals surface area contributed by atoms with Gasteiger partial charge in [-0.3, -0.25) is 0 Å². The molecule has 0 atom stereocenters. The van der Waals surface area contributed by atoms with Gasteiger partial charge in [-0.2, -0.15) is 5.10 Å². The van der Waals surface area contributed by atoms with E-state index < -0.39 is 0 Å². The molecule has 18 heavy (non-hydrogen) atoms. The Labute approximate surface area is 107 Å². The molecule has 4 heteroatoms. The summed E-state index contributed by atoms with van der Waals surface area (Å²) >= 11 is 0. The average Bonchev–Trinajstić information content (AvgIpc) is 2.82. The quantitative estimate of drug-likeness (QED) is 0.809. The third kappa shape index (κ3) is 3.17. The van der Waals surface area contributed by atoms with E-state index >= 15 is 0 Å². The summed E-state index contributed by atoms with van der Waals surface area (Å²) in [6, 6.07) is 6.74. The molecule has 1 aromatic carbocycles. The number of halogens is 1. The highest BCUT2D eigenvalue weighted by atomic mass is 19.1. The summed E-state index contributed by atoms with van der Waals surface area (Å²) in [7, 11) is 4.08. The van der Waals surface area contributed by atoms with Crippen molar-refractivity contribution in [3.05, 3.63) is 48.0 Å². The molecule has 0 aliphatic rings. The van der Waals surface area contributed by atoms with Gasteiger partial charge in [-0.1, -0.05) is 0 Å². The van der Waals surface area contributed by atoms with Crippen LogP contribution in [0.4, 0.5) is 4.39 Å². The average molecular weight is 247 g/mol. The molecule has 0 unspecified atom stereocenters. The largest absolute Gasteiger partial charge is 0.309 e. The molecule has 0 saturated carbocycles. The molecule has 0 N–H and O–H groups in total. The molecule has 0 bridgehead atoms. The monoisotopic (exact) mass is 247 g/mol. The molecule has 0 fully saturated rings. The standard InChI is InChI=1S/C14H18FN3/c1-17(2)9-3-5-12-11-13(15)6-7-14(12)18-10-4-8-16-18/h4,6-8,10-11H,3,5,9H2,1-2H3. The van der Waals surface area contributed by atoms with Crippen LogP contribution in [-0.2, 0) is 6.42 Å². The smallest absolute Gasteiger partial charge is 0.123 e. The van der Waals surface area contributed by atoms with Crippen LogP contribution in [0, 0.1) is 5.82 Å². The van der Waals surface area contributed by atoms with Crippen LogP contribution in [0.25, 0.3) is 5.69 Å². The van der Waals surface area contributed by atoms with Gasteiger partial charge in [-0.05, 0) is 63.3 Å². The first kappa shape index (κ1) is 12.8. The normalized spacial score (nSPS) is 11.1. The highest BCUT2D eigenvalue weighted by molar-refractivity contribution is 5.40. The molecule has 0 radical (unpaired) electrons. The van der Waals surface area contributed by atoms with Crippen LogP contribution in [-0.4, -0.2) is 35.3 Å². The van der Waals surface area contributed by atoms with Gasteiger partial charge in [-0.25, -0.2) is 9.07 Å². The lowest BCUT2D eigenvalue weighted by Gasteiger charge is -2.12. The maximum absolute atomic E-state index is 13.3. The minimum Gasteiger partial charge on any atom is -0.309 e. The van der Waals surface area contributed by atoms with E-state index in [4.69, 9.17) is 0 Å². The van der Waals surface area contributed by atoms with Gasteiger partial charge in [0.15, 0.2) is 0 Å². The molecule has 0 amide bonds. The lowest BCUT2D eigenvalue weighted by atomic mass is 10.1. The summed E-state index contributed by atoms with van der Waals surface area (Å²) in [5.74, 6) is -0.189. The molecule has 1 aromatic heterocycles. The second-order valence-electron chi connectivity index (χ2n) is 4.63. The summed E-state index contributed by atoms with van der Waals surface area (Å²) in [5.41, 5.74) is 1.96. The molecule has 3 nitrogen and oxygen atoms in total. The van der Waals surface area contributed by atoms with E-state index in [-0.39, 0.29) is 5.82 Å². The SMILES string of the molecule is CN(C)CCCc1cc(F)ccc1-n1cccn1. The molecular weight excluding hydrogens is 229 g/mol. The maximum Gasteiger partial charge on any atom is 0.123 e. The molecular formula is C14H18FN3. The van der Waals surface area contributed by atoms with Crippen LogP contribution in [0.5, 0.6) is 0 Å². The van der Waals surface area contributed by atoms with Gasteiger partial charge in [0.05, 0.1) is 5.69 Å². The Bertz CT molecular complexity index is 492. The van der Waals surface area contributed by atoms with Crippen LogP contribution >= 0.6 is 0 Å². The number of hydrogen-bond acceptors (Lipinski definition) is 2. The number of benzene rings is 1. The minimum absolute atomic E-state index is 0.189. The van der Waals surface area contributed by atoms with Crippen molar-refractivity contribution in [1.82, 2.24) is 14.7 Å². The Kier molecular flexibility index (Phi) is 4.10. The van der Waals surface area contributed by atoms with Crippen molar-refractivity contribution < 1.29 is 4.39 Å². The molecule has 2 aromatic rings. The van der Waals surface area contributed by atoms with Crippen LogP contribution in [0.1, 0.15) is 12.0 Å². The number of aryl methyl sites for hydroxylation is 1. The predicted molar refractivity (Wildman–Crippen MR) is 70.4 cm³/mol. The molecule has 0 spiro atoms. The van der Waals surface area contributed by atoms with E-state index in [2.05, 4.69) is 10.00 Å². The molecule has 2 rings (SSSR count). The van der Waals surface area contributed by atoms with Gasteiger partial charge >= 0.3 is 0 Å². The van der Waals surface area contributed by atoms with Crippen molar-refractivity contribution in [1.29, 1.82) is 0 Å². The van der Waals surface area contributed by atoms with Crippen LogP contribution in [0.15, 0.2) is 36.7 Å². The van der Waals surface area contributed by atoms with E-state index in [1.807, 2.05) is 26.4 Å². The van der Waals surface area contributed by atoms with Crippen LogP contribution < -0.4 is 0 Å². The van der Waals surface area contributed by atoms with Crippen molar-refractivity contribution in [2.45, 2.75) is 12.8 Å². The topological polar surface area (TPSA) is 21.1 Å². The summed E-state index contributed by atoms with van der Waals surface area (Å²) in [6.07, 6.45) is 5.46. The number of nitrogens with zero attached hydrogens (tertiary/aromatic N) is 3. The summed E-state index contributed by atoms with van der Waals surface area (Å²) in [6.45, 7) is 0.995. The Morgan fingerprint density at radius 3 is 2.83 bits per heavy atom. The van der Waals surface area contributed by atoms with Crippen molar-refractivity contribution in [2.24, 2.45) is 0 Å². The van der Waals surface area contributed by atoms with Crippen molar-refractivity contribution in [3.63, 3.8) is 0 Å². The number of hydrogen-bond donors (Lipinski definition) is 0. The summed E-state index contributed by atoms with van der Waals surface area (Å²) in [4.78, 5) is 2.13. The van der Waals surface area contributed by atoms with Gasteiger partial charge < -0.3 is 4.90 Å². The van der Waals surface area contributed by atoms with E-state index in [9.17, 15) is 4.39 Å². The maximum atomic E-state index is 13.3. The first-order valence-electron chi connectivity index (χ1n) is 6.10. The number of rotatable bonds is 5. The Morgan fingerprint density at radius 1 is 1.33 bits per heavy atom. The van der Waals surface area contributed by atoms with Gasteiger partial charge in [0.2, 0.25) is 0 Å². The van der Waals surface area contributed by atoms with Gasteiger partial charge in [0, 0.05) is 12.4 Å². The van der Waals surface area contributed by atoms with E-state index in [0.717, 1.165) is 30.6 Å². The second-order valence-corrected chi connectivity index (χ2v) is 4.63. The Morgan fingerprint density at radius 2 is 2.17 bits per heavy atom. The van der Waals surface area contributed by atoms with E-state index in [0.29, 0.717) is 0 Å². The minimum atomic E-state index is -0.189. The fourth-order valence-electron chi connectivity index (χ4n) is 1.97. The summed E-state index contributed by atoms with van der Waals surface area (Å²) in [5, 5.41) is 4.20.